The fourth-order valence-electron chi connectivity index (χ4n) is 2.43. The third kappa shape index (κ3) is 2.75. The molecule has 0 saturated heterocycles. The van der Waals surface area contributed by atoms with Crippen molar-refractivity contribution in [1.82, 2.24) is 19.8 Å². The van der Waals surface area contributed by atoms with Gasteiger partial charge in [0.2, 0.25) is 4.96 Å². The molecule has 0 aliphatic carbocycles. The first-order valence-corrected chi connectivity index (χ1v) is 9.42. The van der Waals surface area contributed by atoms with Gasteiger partial charge in [-0.1, -0.05) is 65.9 Å². The highest BCUT2D eigenvalue weighted by Gasteiger charge is 2.12. The molecular weight excluding hydrogens is 324 g/mol. The van der Waals surface area contributed by atoms with Crippen molar-refractivity contribution in [3.05, 3.63) is 60.4 Å². The third-order valence-corrected chi connectivity index (χ3v) is 5.06. The maximum Gasteiger partial charge on any atom is 0.235 e. The van der Waals surface area contributed by atoms with Crippen LogP contribution in [0.25, 0.3) is 26.7 Å². The molecule has 0 radical (unpaired) electrons. The molecule has 0 N–H and O–H groups in total. The first-order valence-electron chi connectivity index (χ1n) is 7.21. The average Bonchev–Trinajstić information content (AvgIpc) is 3.18. The Kier molecular flexibility index (Phi) is 3.85. The van der Waals surface area contributed by atoms with E-state index < -0.39 is 0 Å². The SMILES string of the molecule is CSCc1nnc2sc(-c3ccc(-c4ccccc4)cc3)nn12. The van der Waals surface area contributed by atoms with E-state index in [0.29, 0.717) is 0 Å². The highest BCUT2D eigenvalue weighted by atomic mass is 32.2. The Morgan fingerprint density at radius 2 is 1.61 bits per heavy atom. The highest BCUT2D eigenvalue weighted by molar-refractivity contribution is 7.97. The topological polar surface area (TPSA) is 43.1 Å². The van der Waals surface area contributed by atoms with E-state index in [1.807, 2.05) is 10.6 Å². The first-order chi connectivity index (χ1) is 11.3. The molecule has 6 heteroatoms. The average molecular weight is 338 g/mol. The number of aromatic nitrogens is 4. The van der Waals surface area contributed by atoms with Gasteiger partial charge in [0.15, 0.2) is 5.82 Å². The Morgan fingerprint density at radius 3 is 2.35 bits per heavy atom. The van der Waals surface area contributed by atoms with Crippen molar-refractivity contribution in [1.29, 1.82) is 0 Å². The summed E-state index contributed by atoms with van der Waals surface area (Å²) in [6, 6.07) is 18.9. The van der Waals surface area contributed by atoms with E-state index in [0.717, 1.165) is 27.1 Å². The van der Waals surface area contributed by atoms with E-state index in [1.165, 1.54) is 11.1 Å². The summed E-state index contributed by atoms with van der Waals surface area (Å²) >= 11 is 3.29. The first kappa shape index (κ1) is 14.4. The lowest BCUT2D eigenvalue weighted by molar-refractivity contribution is 0.888. The van der Waals surface area contributed by atoms with Crippen LogP contribution < -0.4 is 0 Å². The second-order valence-corrected chi connectivity index (χ2v) is 6.92. The van der Waals surface area contributed by atoms with Crippen LogP contribution in [0, 0.1) is 0 Å². The minimum atomic E-state index is 0.817. The van der Waals surface area contributed by atoms with Crippen LogP contribution in [0.15, 0.2) is 54.6 Å². The van der Waals surface area contributed by atoms with Crippen LogP contribution in [0.4, 0.5) is 0 Å². The van der Waals surface area contributed by atoms with Gasteiger partial charge in [-0.25, -0.2) is 0 Å². The lowest BCUT2D eigenvalue weighted by atomic mass is 10.0. The maximum atomic E-state index is 4.66. The largest absolute Gasteiger partial charge is 0.235 e. The summed E-state index contributed by atoms with van der Waals surface area (Å²) in [7, 11) is 0. The van der Waals surface area contributed by atoms with Crippen LogP contribution in [-0.2, 0) is 5.75 Å². The molecular formula is C17H14N4S2. The molecule has 0 aliphatic heterocycles. The van der Waals surface area contributed by atoms with Crippen LogP contribution in [0.5, 0.6) is 0 Å². The molecule has 4 nitrogen and oxygen atoms in total. The van der Waals surface area contributed by atoms with Crippen molar-refractivity contribution in [2.24, 2.45) is 0 Å². The number of fused-ring (bicyclic) bond motifs is 1. The second-order valence-electron chi connectivity index (χ2n) is 5.09. The Labute approximate surface area is 142 Å². The number of rotatable bonds is 4. The summed E-state index contributed by atoms with van der Waals surface area (Å²) < 4.78 is 1.85. The van der Waals surface area contributed by atoms with Crippen molar-refractivity contribution in [3.63, 3.8) is 0 Å². The number of nitrogens with zero attached hydrogens (tertiary/aromatic N) is 4. The third-order valence-electron chi connectivity index (χ3n) is 3.57. The van der Waals surface area contributed by atoms with Crippen molar-refractivity contribution in [2.45, 2.75) is 5.75 Å². The summed E-state index contributed by atoms with van der Waals surface area (Å²) in [4.78, 5) is 0.844. The maximum absolute atomic E-state index is 4.66. The van der Waals surface area contributed by atoms with Crippen molar-refractivity contribution >= 4 is 28.1 Å². The quantitative estimate of drug-likeness (QED) is 0.554. The van der Waals surface area contributed by atoms with E-state index in [1.54, 1.807) is 23.1 Å². The molecule has 2 heterocycles. The van der Waals surface area contributed by atoms with Gasteiger partial charge in [0.05, 0.1) is 5.75 Å². The molecule has 2 aromatic heterocycles. The van der Waals surface area contributed by atoms with Gasteiger partial charge >= 0.3 is 0 Å². The molecule has 0 saturated carbocycles. The van der Waals surface area contributed by atoms with Crippen LogP contribution in [0.2, 0.25) is 0 Å². The van der Waals surface area contributed by atoms with Gasteiger partial charge in [-0.3, -0.25) is 0 Å². The molecule has 0 amide bonds. The van der Waals surface area contributed by atoms with Gasteiger partial charge in [0.25, 0.3) is 0 Å². The van der Waals surface area contributed by atoms with E-state index in [2.05, 4.69) is 70.1 Å². The molecule has 23 heavy (non-hydrogen) atoms. The molecule has 0 spiro atoms. The van der Waals surface area contributed by atoms with Crippen LogP contribution in [0.1, 0.15) is 5.82 Å². The Balaban J connectivity index is 1.68. The Morgan fingerprint density at radius 1 is 0.913 bits per heavy atom. The van der Waals surface area contributed by atoms with Crippen LogP contribution in [0.3, 0.4) is 0 Å². The van der Waals surface area contributed by atoms with Gasteiger partial charge in [-0.05, 0) is 17.4 Å². The van der Waals surface area contributed by atoms with Gasteiger partial charge in [0.1, 0.15) is 5.01 Å². The summed E-state index contributed by atoms with van der Waals surface area (Å²) in [5, 5.41) is 14.0. The van der Waals surface area contributed by atoms with Crippen LogP contribution in [-0.4, -0.2) is 26.1 Å². The van der Waals surface area contributed by atoms with Crippen molar-refractivity contribution in [2.75, 3.05) is 6.26 Å². The monoisotopic (exact) mass is 338 g/mol. The lowest BCUT2D eigenvalue weighted by Gasteiger charge is -2.02. The minimum absolute atomic E-state index is 0.817. The molecule has 0 atom stereocenters. The predicted octanol–water partition coefficient (Wildman–Crippen LogP) is 4.38. The normalized spacial score (nSPS) is 11.2. The fourth-order valence-corrected chi connectivity index (χ4v) is 3.73. The van der Waals surface area contributed by atoms with Crippen LogP contribution >= 0.6 is 23.1 Å². The molecule has 0 aliphatic rings. The van der Waals surface area contributed by atoms with Gasteiger partial charge < -0.3 is 0 Å². The fraction of sp³-hybridized carbons (Fsp3) is 0.118. The molecule has 114 valence electrons. The molecule has 0 bridgehead atoms. The Hall–Kier alpha value is -2.18. The standard InChI is InChI=1S/C17H14N4S2/c1-22-11-15-18-19-17-21(15)20-16(23-17)14-9-7-13(8-10-14)12-5-3-2-4-6-12/h2-10H,11H2,1H3. The molecule has 0 fully saturated rings. The molecule has 2 aromatic carbocycles. The van der Waals surface area contributed by atoms with Crippen molar-refractivity contribution in [3.8, 4) is 21.7 Å². The Bertz CT molecular complexity index is 926. The molecule has 0 unspecified atom stereocenters. The summed E-state index contributed by atoms with van der Waals surface area (Å²) in [5.41, 5.74) is 3.54. The smallest absolute Gasteiger partial charge is 0.186 e. The molecule has 4 aromatic rings. The van der Waals surface area contributed by atoms with E-state index in [4.69, 9.17) is 0 Å². The zero-order valence-electron chi connectivity index (χ0n) is 12.5. The summed E-state index contributed by atoms with van der Waals surface area (Å²) in [5.74, 6) is 1.72. The summed E-state index contributed by atoms with van der Waals surface area (Å²) in [6.07, 6.45) is 2.05. The number of thioether (sulfide) groups is 1. The number of hydrogen-bond acceptors (Lipinski definition) is 5. The van der Waals surface area contributed by atoms with E-state index in [-0.39, 0.29) is 0 Å². The molecule has 4 rings (SSSR count). The number of benzene rings is 2. The highest BCUT2D eigenvalue weighted by Crippen LogP contribution is 2.28. The summed E-state index contributed by atoms with van der Waals surface area (Å²) in [6.45, 7) is 0. The zero-order valence-corrected chi connectivity index (χ0v) is 14.1. The number of hydrogen-bond donors (Lipinski definition) is 0. The van der Waals surface area contributed by atoms with Gasteiger partial charge in [0, 0.05) is 5.56 Å². The van der Waals surface area contributed by atoms with E-state index >= 15 is 0 Å². The van der Waals surface area contributed by atoms with Gasteiger partial charge in [-0.15, -0.1) is 10.2 Å². The van der Waals surface area contributed by atoms with Gasteiger partial charge in [-0.2, -0.15) is 21.4 Å². The zero-order chi connectivity index (χ0) is 15.6. The second kappa shape index (κ2) is 6.14. The van der Waals surface area contributed by atoms with Crippen molar-refractivity contribution < 1.29 is 0 Å². The minimum Gasteiger partial charge on any atom is -0.186 e. The lowest BCUT2D eigenvalue weighted by Crippen LogP contribution is -1.93. The van der Waals surface area contributed by atoms with E-state index in [9.17, 15) is 0 Å². The predicted molar refractivity (Wildman–Crippen MR) is 96.7 cm³/mol.